The molecule has 2 aromatic carbocycles. The summed E-state index contributed by atoms with van der Waals surface area (Å²) in [5.41, 5.74) is 2.26. The highest BCUT2D eigenvalue weighted by atomic mass is 32.2. The van der Waals surface area contributed by atoms with E-state index in [4.69, 9.17) is 4.74 Å². The van der Waals surface area contributed by atoms with E-state index in [9.17, 15) is 13.2 Å². The van der Waals surface area contributed by atoms with E-state index < -0.39 is 10.0 Å². The molecule has 0 N–H and O–H groups in total. The van der Waals surface area contributed by atoms with E-state index in [1.54, 1.807) is 37.3 Å². The van der Waals surface area contributed by atoms with E-state index in [1.165, 1.54) is 11.4 Å². The minimum Gasteiger partial charge on any atom is -0.495 e. The van der Waals surface area contributed by atoms with Crippen LogP contribution in [0, 0.1) is 13.8 Å². The highest BCUT2D eigenvalue weighted by Crippen LogP contribution is 2.39. The van der Waals surface area contributed by atoms with E-state index in [0.717, 1.165) is 5.56 Å². The Balaban J connectivity index is 2.23. The molecule has 0 unspecified atom stereocenters. The second-order valence-electron chi connectivity index (χ2n) is 5.88. The number of ketones is 1. The van der Waals surface area contributed by atoms with Crippen molar-refractivity contribution in [2.75, 3.05) is 18.0 Å². The molecule has 1 aliphatic heterocycles. The lowest BCUT2D eigenvalue weighted by atomic mass is 10.0. The fraction of sp³-hybridized carbons (Fsp3) is 0.278. The molecular weight excluding hydrogens is 326 g/mol. The van der Waals surface area contributed by atoms with Crippen LogP contribution in [-0.4, -0.2) is 27.9 Å². The second-order valence-corrected chi connectivity index (χ2v) is 7.71. The van der Waals surface area contributed by atoms with Crippen LogP contribution in [0.25, 0.3) is 0 Å². The van der Waals surface area contributed by atoms with Crippen molar-refractivity contribution in [1.29, 1.82) is 0 Å². The third-order valence-electron chi connectivity index (χ3n) is 4.22. The van der Waals surface area contributed by atoms with Crippen molar-refractivity contribution >= 4 is 21.5 Å². The van der Waals surface area contributed by atoms with Gasteiger partial charge in [-0.1, -0.05) is 18.2 Å². The Bertz CT molecular complexity index is 919. The maximum Gasteiger partial charge on any atom is 0.264 e. The van der Waals surface area contributed by atoms with Crippen molar-refractivity contribution < 1.29 is 17.9 Å². The first-order valence-electron chi connectivity index (χ1n) is 7.66. The number of nitrogens with zero attached hydrogens (tertiary/aromatic N) is 1. The standard InChI is InChI=1S/C18H19NO4S/c1-12-7-8-13(2)17(11-12)24(21,22)19-10-9-15(20)14-5-4-6-16(23-3)18(14)19/h4-8,11H,9-10H2,1-3H3. The van der Waals surface area contributed by atoms with Crippen LogP contribution >= 0.6 is 0 Å². The quantitative estimate of drug-likeness (QED) is 0.857. The van der Waals surface area contributed by atoms with E-state index in [-0.39, 0.29) is 23.6 Å². The zero-order chi connectivity index (χ0) is 17.5. The molecule has 3 rings (SSSR count). The molecule has 0 saturated carbocycles. The Hall–Kier alpha value is -2.34. The summed E-state index contributed by atoms with van der Waals surface area (Å²) in [7, 11) is -2.31. The number of sulfonamides is 1. The number of fused-ring (bicyclic) bond motifs is 1. The van der Waals surface area contributed by atoms with Gasteiger partial charge in [-0.3, -0.25) is 9.10 Å². The molecule has 0 fully saturated rings. The maximum absolute atomic E-state index is 13.3. The molecular formula is C18H19NO4S. The van der Waals surface area contributed by atoms with Gasteiger partial charge in [-0.2, -0.15) is 0 Å². The van der Waals surface area contributed by atoms with Gasteiger partial charge in [0.1, 0.15) is 11.4 Å². The highest BCUT2D eigenvalue weighted by Gasteiger charge is 2.35. The molecule has 0 saturated heterocycles. The monoisotopic (exact) mass is 345 g/mol. The summed E-state index contributed by atoms with van der Waals surface area (Å²) >= 11 is 0. The molecule has 6 heteroatoms. The number of para-hydroxylation sites is 1. The molecule has 0 aliphatic carbocycles. The van der Waals surface area contributed by atoms with Crippen molar-refractivity contribution in [3.8, 4) is 5.75 Å². The molecule has 0 atom stereocenters. The fourth-order valence-electron chi connectivity index (χ4n) is 2.96. The molecule has 0 bridgehead atoms. The van der Waals surface area contributed by atoms with Gasteiger partial charge in [0.25, 0.3) is 10.0 Å². The molecule has 126 valence electrons. The third-order valence-corrected chi connectivity index (χ3v) is 6.16. The molecule has 0 aromatic heterocycles. The Morgan fingerprint density at radius 1 is 1.12 bits per heavy atom. The molecule has 24 heavy (non-hydrogen) atoms. The number of carbonyl (C=O) groups is 1. The second kappa shape index (κ2) is 5.94. The average Bonchev–Trinajstić information content (AvgIpc) is 2.56. The van der Waals surface area contributed by atoms with Gasteiger partial charge in [0.15, 0.2) is 5.78 Å². The van der Waals surface area contributed by atoms with Gasteiger partial charge in [0.2, 0.25) is 0 Å². The van der Waals surface area contributed by atoms with Gasteiger partial charge in [0.05, 0.1) is 12.0 Å². The lowest BCUT2D eigenvalue weighted by Crippen LogP contribution is -2.38. The topological polar surface area (TPSA) is 63.7 Å². The van der Waals surface area contributed by atoms with E-state index in [0.29, 0.717) is 22.6 Å². The molecule has 1 aliphatic rings. The number of methoxy groups -OCH3 is 1. The molecule has 0 spiro atoms. The molecule has 2 aromatic rings. The lowest BCUT2D eigenvalue weighted by molar-refractivity contribution is 0.0981. The number of aryl methyl sites for hydroxylation is 2. The summed E-state index contributed by atoms with van der Waals surface area (Å²) in [4.78, 5) is 12.5. The van der Waals surface area contributed by atoms with Crippen molar-refractivity contribution in [3.05, 3.63) is 53.1 Å². The van der Waals surface area contributed by atoms with Crippen molar-refractivity contribution in [2.45, 2.75) is 25.2 Å². The predicted octanol–water partition coefficient (Wildman–Crippen LogP) is 3.09. The zero-order valence-corrected chi connectivity index (χ0v) is 14.7. The third kappa shape index (κ3) is 2.57. The number of Topliss-reactive ketones (excluding diaryl/α,β-unsaturated/α-hetero) is 1. The summed E-state index contributed by atoms with van der Waals surface area (Å²) in [5, 5.41) is 0. The average molecular weight is 345 g/mol. The molecule has 1 heterocycles. The summed E-state index contributed by atoms with van der Waals surface area (Å²) in [6.07, 6.45) is 0.157. The van der Waals surface area contributed by atoms with Gasteiger partial charge >= 0.3 is 0 Å². The number of hydrogen-bond donors (Lipinski definition) is 0. The van der Waals surface area contributed by atoms with Gasteiger partial charge < -0.3 is 4.74 Å². The van der Waals surface area contributed by atoms with Crippen molar-refractivity contribution in [1.82, 2.24) is 0 Å². The molecule has 0 radical (unpaired) electrons. The van der Waals surface area contributed by atoms with Crippen LogP contribution in [0.5, 0.6) is 5.75 Å². The Morgan fingerprint density at radius 2 is 1.88 bits per heavy atom. The maximum atomic E-state index is 13.3. The fourth-order valence-corrected chi connectivity index (χ4v) is 4.77. The van der Waals surface area contributed by atoms with Gasteiger partial charge in [0, 0.05) is 18.5 Å². The van der Waals surface area contributed by atoms with Gasteiger partial charge in [-0.25, -0.2) is 8.42 Å². The number of hydrogen-bond acceptors (Lipinski definition) is 4. The minimum absolute atomic E-state index is 0.0729. The van der Waals surface area contributed by atoms with E-state index >= 15 is 0 Å². The Kier molecular flexibility index (Phi) is 4.09. The molecule has 5 nitrogen and oxygen atoms in total. The van der Waals surface area contributed by atoms with Crippen LogP contribution in [0.15, 0.2) is 41.3 Å². The van der Waals surface area contributed by atoms with Crippen LogP contribution in [0.1, 0.15) is 27.9 Å². The number of benzene rings is 2. The lowest BCUT2D eigenvalue weighted by Gasteiger charge is -2.31. The SMILES string of the molecule is COc1cccc2c1N(S(=O)(=O)c1cc(C)ccc1C)CCC2=O. The first-order chi connectivity index (χ1) is 11.4. The van der Waals surface area contributed by atoms with Gasteiger partial charge in [-0.15, -0.1) is 0 Å². The number of ether oxygens (including phenoxy) is 1. The number of anilines is 1. The van der Waals surface area contributed by atoms with E-state index in [1.807, 2.05) is 13.0 Å². The first-order valence-corrected chi connectivity index (χ1v) is 9.10. The van der Waals surface area contributed by atoms with Crippen molar-refractivity contribution in [3.63, 3.8) is 0 Å². The minimum atomic E-state index is -3.78. The van der Waals surface area contributed by atoms with Crippen molar-refractivity contribution in [2.24, 2.45) is 0 Å². The van der Waals surface area contributed by atoms with Crippen LogP contribution in [-0.2, 0) is 10.0 Å². The first kappa shape index (κ1) is 16.5. The Morgan fingerprint density at radius 3 is 2.58 bits per heavy atom. The molecule has 0 amide bonds. The smallest absolute Gasteiger partial charge is 0.264 e. The summed E-state index contributed by atoms with van der Waals surface area (Å²) in [5.74, 6) is 0.311. The van der Waals surface area contributed by atoms with Crippen LogP contribution in [0.4, 0.5) is 5.69 Å². The summed E-state index contributed by atoms with van der Waals surface area (Å²) in [6, 6.07) is 10.3. The number of rotatable bonds is 3. The van der Waals surface area contributed by atoms with Crippen LogP contribution < -0.4 is 9.04 Å². The number of carbonyl (C=O) groups excluding carboxylic acids is 1. The Labute approximate surface area is 141 Å². The van der Waals surface area contributed by atoms with E-state index in [2.05, 4.69) is 0 Å². The van der Waals surface area contributed by atoms with Crippen LogP contribution in [0.3, 0.4) is 0 Å². The largest absolute Gasteiger partial charge is 0.495 e. The normalized spacial score (nSPS) is 14.5. The predicted molar refractivity (Wildman–Crippen MR) is 92.4 cm³/mol. The van der Waals surface area contributed by atoms with Gasteiger partial charge in [-0.05, 0) is 43.2 Å². The highest BCUT2D eigenvalue weighted by molar-refractivity contribution is 7.93. The van der Waals surface area contributed by atoms with Crippen LogP contribution in [0.2, 0.25) is 0 Å². The zero-order valence-electron chi connectivity index (χ0n) is 13.9. The summed E-state index contributed by atoms with van der Waals surface area (Å²) < 4.78 is 33.1. The summed E-state index contributed by atoms with van der Waals surface area (Å²) in [6.45, 7) is 3.74.